The van der Waals surface area contributed by atoms with E-state index in [0.717, 1.165) is 23.8 Å². The number of hydrogen-bond acceptors (Lipinski definition) is 11. The van der Waals surface area contributed by atoms with Crippen LogP contribution >= 0.6 is 11.6 Å². The third kappa shape index (κ3) is 7.27. The lowest BCUT2D eigenvalue weighted by Crippen LogP contribution is -2.60. The van der Waals surface area contributed by atoms with Gasteiger partial charge in [-0.25, -0.2) is 0 Å². The molecule has 10 atom stereocenters. The Hall–Kier alpha value is -3.90. The van der Waals surface area contributed by atoms with Crippen LogP contribution in [0.1, 0.15) is 37.3 Å². The maximum atomic E-state index is 15.2. The number of amides is 3. The van der Waals surface area contributed by atoms with E-state index in [4.69, 9.17) is 25.8 Å². The molecule has 306 valence electrons. The number of hydrogen-bond donors (Lipinski definition) is 6. The van der Waals surface area contributed by atoms with Gasteiger partial charge in [0, 0.05) is 28.7 Å². The number of halogens is 1. The number of likely N-dealkylation sites (tertiary alicyclic amines) is 1. The zero-order chi connectivity index (χ0) is 41.0. The van der Waals surface area contributed by atoms with Crippen molar-refractivity contribution < 1.29 is 54.1 Å². The predicted molar refractivity (Wildman–Crippen MR) is 213 cm³/mol. The average molecular weight is 824 g/mol. The van der Waals surface area contributed by atoms with Gasteiger partial charge in [0.25, 0.3) is 11.8 Å². The minimum Gasteiger partial charge on any atom is -0.497 e. The Kier molecular flexibility index (Phi) is 11.6. The maximum absolute atomic E-state index is 15.2. The molecule has 14 nitrogen and oxygen atoms in total. The van der Waals surface area contributed by atoms with Crippen molar-refractivity contribution in [3.05, 3.63) is 82.9 Å². The van der Waals surface area contributed by atoms with Crippen LogP contribution in [-0.4, -0.2) is 119 Å². The fourth-order valence-electron chi connectivity index (χ4n) is 9.51. The van der Waals surface area contributed by atoms with Crippen molar-refractivity contribution in [2.45, 2.75) is 99.8 Å². The molecule has 0 aromatic heterocycles. The van der Waals surface area contributed by atoms with Gasteiger partial charge in [-0.15, -0.1) is 0 Å². The van der Waals surface area contributed by atoms with Crippen molar-refractivity contribution in [2.75, 3.05) is 30.5 Å². The van der Waals surface area contributed by atoms with E-state index in [1.807, 2.05) is 19.1 Å². The summed E-state index contributed by atoms with van der Waals surface area (Å²) in [5.74, 6) is -0.973. The highest BCUT2D eigenvalue weighted by Gasteiger charge is 2.66. The highest BCUT2D eigenvalue weighted by Crippen LogP contribution is 2.60. The van der Waals surface area contributed by atoms with Crippen LogP contribution in [0.3, 0.4) is 0 Å². The van der Waals surface area contributed by atoms with Gasteiger partial charge in [0.15, 0.2) is 18.0 Å². The number of ether oxygens (including phenoxy) is 3. The molecule has 6 N–H and O–H groups in total. The summed E-state index contributed by atoms with van der Waals surface area (Å²) >= 11 is 6.66. The van der Waals surface area contributed by atoms with Crippen molar-refractivity contribution in [3.63, 3.8) is 0 Å². The van der Waals surface area contributed by atoms with Gasteiger partial charge in [0.05, 0.1) is 52.6 Å². The van der Waals surface area contributed by atoms with E-state index in [1.165, 1.54) is 0 Å². The van der Waals surface area contributed by atoms with E-state index in [9.17, 15) is 35.1 Å². The molecule has 0 radical (unpaired) electrons. The van der Waals surface area contributed by atoms with E-state index in [2.05, 4.69) is 30.5 Å². The third-order valence-electron chi connectivity index (χ3n) is 12.5. The van der Waals surface area contributed by atoms with E-state index < -0.39 is 62.3 Å². The Bertz CT molecular complexity index is 2000. The third-order valence-corrected chi connectivity index (χ3v) is 17.1. The summed E-state index contributed by atoms with van der Waals surface area (Å²) in [4.78, 5) is 45.8. The van der Waals surface area contributed by atoms with Gasteiger partial charge >= 0.3 is 0 Å². The summed E-state index contributed by atoms with van der Waals surface area (Å²) in [7, 11) is -0.953. The van der Waals surface area contributed by atoms with Gasteiger partial charge in [-0.3, -0.25) is 14.4 Å². The van der Waals surface area contributed by atoms with Crippen LogP contribution in [0.2, 0.25) is 23.7 Å². The van der Waals surface area contributed by atoms with Crippen LogP contribution in [0.4, 0.5) is 11.4 Å². The lowest BCUT2D eigenvalue weighted by Gasteiger charge is -2.37. The van der Waals surface area contributed by atoms with Crippen LogP contribution in [0.5, 0.6) is 5.75 Å². The molecule has 1 spiro atoms. The molecular formula is C41H50ClN3O11Si. The van der Waals surface area contributed by atoms with Crippen molar-refractivity contribution in [1.82, 2.24) is 4.90 Å². The molecule has 0 bridgehead atoms. The molecular weight excluding hydrogens is 774 g/mol. The minimum atomic E-state index is -2.57. The number of carbonyl (C=O) groups is 3. The number of rotatable bonds is 10. The molecule has 0 saturated carbocycles. The Morgan fingerprint density at radius 2 is 1.75 bits per heavy atom. The van der Waals surface area contributed by atoms with E-state index >= 15 is 4.79 Å². The highest BCUT2D eigenvalue weighted by atomic mass is 35.5. The Labute approximate surface area is 336 Å². The van der Waals surface area contributed by atoms with Crippen molar-refractivity contribution >= 4 is 54.0 Å². The van der Waals surface area contributed by atoms with Crippen molar-refractivity contribution in [1.29, 1.82) is 0 Å². The van der Waals surface area contributed by atoms with Gasteiger partial charge in [0.1, 0.15) is 24.1 Å². The lowest BCUT2D eigenvalue weighted by atomic mass is 9.82. The van der Waals surface area contributed by atoms with Crippen LogP contribution in [0, 0.1) is 5.92 Å². The average Bonchev–Trinajstić information content (AvgIpc) is 3.86. The van der Waals surface area contributed by atoms with Gasteiger partial charge in [0.2, 0.25) is 5.91 Å². The molecule has 4 heterocycles. The van der Waals surface area contributed by atoms with Gasteiger partial charge in [-0.05, 0) is 66.4 Å². The number of anilines is 2. The maximum Gasteiger partial charge on any atom is 0.264 e. The zero-order valence-corrected chi connectivity index (χ0v) is 34.0. The Balaban J connectivity index is 1.21. The first-order valence-corrected chi connectivity index (χ1v) is 22.7. The molecule has 57 heavy (non-hydrogen) atoms. The number of nitrogens with zero attached hydrogens (tertiary/aromatic N) is 2. The molecule has 7 rings (SSSR count). The largest absolute Gasteiger partial charge is 0.497 e. The Morgan fingerprint density at radius 1 is 1.02 bits per heavy atom. The molecule has 3 fully saturated rings. The summed E-state index contributed by atoms with van der Waals surface area (Å²) in [5.41, 5.74) is 0.426. The number of benzene rings is 3. The van der Waals surface area contributed by atoms with Crippen LogP contribution in [0.25, 0.3) is 0 Å². The number of nitrogens with one attached hydrogen (secondary N) is 1. The zero-order valence-electron chi connectivity index (χ0n) is 32.2. The van der Waals surface area contributed by atoms with Crippen LogP contribution < -0.4 is 20.1 Å². The first kappa shape index (κ1) is 41.3. The summed E-state index contributed by atoms with van der Waals surface area (Å²) < 4.78 is 17.7. The molecule has 3 amide bonds. The first-order valence-electron chi connectivity index (χ1n) is 19.2. The number of methoxy groups -OCH3 is 1. The smallest absolute Gasteiger partial charge is 0.264 e. The summed E-state index contributed by atoms with van der Waals surface area (Å²) in [6, 6.07) is 19.7. The lowest BCUT2D eigenvalue weighted by molar-refractivity contribution is -0.274. The Morgan fingerprint density at radius 3 is 2.46 bits per heavy atom. The number of aliphatic hydroxyl groups is 5. The molecule has 16 heteroatoms. The quantitative estimate of drug-likeness (QED) is 0.164. The predicted octanol–water partition coefficient (Wildman–Crippen LogP) is 2.22. The summed E-state index contributed by atoms with van der Waals surface area (Å²) in [6.07, 6.45) is -8.02. The number of fused-ring (bicyclic) bond motifs is 2. The van der Waals surface area contributed by atoms with E-state index in [1.54, 1.807) is 59.4 Å². The van der Waals surface area contributed by atoms with Crippen molar-refractivity contribution in [3.8, 4) is 5.75 Å². The highest BCUT2D eigenvalue weighted by molar-refractivity contribution is 6.91. The molecule has 4 aliphatic heterocycles. The monoisotopic (exact) mass is 823 g/mol. The number of carbonyl (C=O) groups excluding carboxylic acids is 3. The summed E-state index contributed by atoms with van der Waals surface area (Å²) in [6.45, 7) is 6.99. The SMILES string of the molecule is COc1ccc([Si](C)(C)[C@H]2[C@H](CC(=O)N3CCC[C@H]3CO)O[C@@]3(C(=O)N(Cc4cccc(NC(=O)[C@H]5O[C@@H](O)[C@H](O)[C@@H](O)[C@@H]5O)c4)c4ccc(Cl)cc43)[C@@H]2C)cc1. The van der Waals surface area contributed by atoms with E-state index in [0.29, 0.717) is 34.1 Å². The summed E-state index contributed by atoms with van der Waals surface area (Å²) in [5, 5.41) is 54.5. The normalized spacial score (nSPS) is 31.2. The molecule has 3 saturated heterocycles. The standard InChI is InChI=1S/C41H50ClN3O11Si/c1-22-37(57(3,4)28-13-11-27(54-2)12-14-28)31(19-32(47)44-16-6-9-26(44)21-46)56-41(22)29-18-24(42)10-15-30(29)45(40(41)53)20-23-7-5-8-25(17-23)43-38(51)36-34(49)33(48)35(50)39(52)55-36/h5,7-8,10-15,17-18,22,26,31,33-37,39,46,48-50,52H,6,9,16,19-21H2,1-4H3,(H,43,51)/t22-,26+,31+,33+,34+,35-,36+,37-,39-,41+/m1/s1. The van der Waals surface area contributed by atoms with Crippen LogP contribution in [0.15, 0.2) is 66.7 Å². The van der Waals surface area contributed by atoms with Crippen LogP contribution in [-0.2, 0) is 36.0 Å². The molecule has 4 aliphatic rings. The minimum absolute atomic E-state index is 0.0389. The van der Waals surface area contributed by atoms with Gasteiger partial charge in [-0.2, -0.15) is 0 Å². The second-order valence-corrected chi connectivity index (χ2v) is 21.2. The van der Waals surface area contributed by atoms with E-state index in [-0.39, 0.29) is 43.0 Å². The molecule has 0 aliphatic carbocycles. The second kappa shape index (κ2) is 16.0. The fraction of sp³-hybridized carbons (Fsp3) is 0.488. The number of aliphatic hydroxyl groups excluding tert-OH is 5. The van der Waals surface area contributed by atoms with Gasteiger partial charge < -0.3 is 54.9 Å². The second-order valence-electron chi connectivity index (χ2n) is 16.1. The topological polar surface area (TPSA) is 199 Å². The molecule has 0 unspecified atom stereocenters. The van der Waals surface area contributed by atoms with Crippen molar-refractivity contribution in [2.24, 2.45) is 5.92 Å². The first-order chi connectivity index (χ1) is 27.1. The molecule has 3 aromatic carbocycles. The molecule has 3 aromatic rings. The van der Waals surface area contributed by atoms with Gasteiger partial charge in [-0.1, -0.05) is 61.1 Å². The fourth-order valence-corrected chi connectivity index (χ4v) is 13.7.